The van der Waals surface area contributed by atoms with Crippen LogP contribution in [-0.4, -0.2) is 26.1 Å². The normalized spacial score (nSPS) is 10.8. The van der Waals surface area contributed by atoms with Crippen molar-refractivity contribution < 1.29 is 4.79 Å². The molecular formula is C14H15N5O. The molecule has 0 radical (unpaired) electrons. The quantitative estimate of drug-likeness (QED) is 0.678. The Morgan fingerprint density at radius 2 is 2.20 bits per heavy atom. The van der Waals surface area contributed by atoms with E-state index in [1.54, 1.807) is 6.07 Å². The molecule has 1 aromatic carbocycles. The van der Waals surface area contributed by atoms with Crippen molar-refractivity contribution in [2.24, 2.45) is 0 Å². The predicted molar refractivity (Wildman–Crippen MR) is 76.4 cm³/mol. The number of H-pyrrole nitrogens is 2. The van der Waals surface area contributed by atoms with Crippen molar-refractivity contribution in [3.05, 3.63) is 41.9 Å². The number of hydrogen-bond acceptors (Lipinski definition) is 3. The number of amides is 1. The van der Waals surface area contributed by atoms with Crippen LogP contribution in [0.25, 0.3) is 11.0 Å². The number of carbonyl (C=O) groups is 1. The largest absolute Gasteiger partial charge is 0.342 e. The average molecular weight is 269 g/mol. The fraction of sp³-hybridized carbons (Fsp3) is 0.214. The third kappa shape index (κ3) is 2.69. The summed E-state index contributed by atoms with van der Waals surface area (Å²) < 4.78 is 0. The van der Waals surface area contributed by atoms with Crippen LogP contribution in [0.2, 0.25) is 0 Å². The molecule has 20 heavy (non-hydrogen) atoms. The van der Waals surface area contributed by atoms with Crippen LogP contribution in [0.15, 0.2) is 30.3 Å². The first-order chi connectivity index (χ1) is 9.70. The second kappa shape index (κ2) is 5.16. The first-order valence-corrected chi connectivity index (χ1v) is 6.46. The summed E-state index contributed by atoms with van der Waals surface area (Å²) in [6.45, 7) is 1.89. The van der Waals surface area contributed by atoms with Gasteiger partial charge in [0.05, 0.1) is 11.0 Å². The van der Waals surface area contributed by atoms with E-state index < -0.39 is 0 Å². The standard InChI is InChI=1S/C14H15N5O/c1-9-8-13(19-18-9)17-14(20)7-6-12-15-10-4-2-3-5-11(10)16-12/h2-5,8H,6-7H2,1H3,(H,15,16)(H2,17,18,19,20). The lowest BCUT2D eigenvalue weighted by Gasteiger charge is -1.99. The molecule has 102 valence electrons. The molecule has 0 spiro atoms. The summed E-state index contributed by atoms with van der Waals surface area (Å²) >= 11 is 0. The number of hydrogen-bond donors (Lipinski definition) is 3. The lowest BCUT2D eigenvalue weighted by molar-refractivity contribution is -0.116. The summed E-state index contributed by atoms with van der Waals surface area (Å²) in [7, 11) is 0. The van der Waals surface area contributed by atoms with E-state index in [-0.39, 0.29) is 5.91 Å². The van der Waals surface area contributed by atoms with E-state index in [4.69, 9.17) is 0 Å². The van der Waals surface area contributed by atoms with Gasteiger partial charge in [0.25, 0.3) is 0 Å². The molecular weight excluding hydrogens is 254 g/mol. The zero-order chi connectivity index (χ0) is 13.9. The summed E-state index contributed by atoms with van der Waals surface area (Å²) in [4.78, 5) is 19.4. The van der Waals surface area contributed by atoms with Crippen molar-refractivity contribution in [1.82, 2.24) is 20.2 Å². The molecule has 0 aliphatic rings. The van der Waals surface area contributed by atoms with Crippen LogP contribution >= 0.6 is 0 Å². The molecule has 3 N–H and O–H groups in total. The maximum atomic E-state index is 11.8. The third-order valence-corrected chi connectivity index (χ3v) is 3.00. The molecule has 0 aliphatic carbocycles. The number of anilines is 1. The van der Waals surface area contributed by atoms with Crippen LogP contribution in [0.5, 0.6) is 0 Å². The molecule has 0 saturated heterocycles. The van der Waals surface area contributed by atoms with Crippen LogP contribution in [-0.2, 0) is 11.2 Å². The monoisotopic (exact) mass is 269 g/mol. The van der Waals surface area contributed by atoms with Crippen LogP contribution in [0.3, 0.4) is 0 Å². The Morgan fingerprint density at radius 1 is 1.35 bits per heavy atom. The second-order valence-corrected chi connectivity index (χ2v) is 4.69. The van der Waals surface area contributed by atoms with E-state index >= 15 is 0 Å². The highest BCUT2D eigenvalue weighted by Gasteiger charge is 2.07. The number of aryl methyl sites for hydroxylation is 2. The van der Waals surface area contributed by atoms with Crippen molar-refractivity contribution in [2.45, 2.75) is 19.8 Å². The topological polar surface area (TPSA) is 86.5 Å². The number of carbonyl (C=O) groups excluding carboxylic acids is 1. The molecule has 3 rings (SSSR count). The molecule has 6 heteroatoms. The van der Waals surface area contributed by atoms with Gasteiger partial charge in [-0.3, -0.25) is 9.89 Å². The number of fused-ring (bicyclic) bond motifs is 1. The second-order valence-electron chi connectivity index (χ2n) is 4.69. The van der Waals surface area contributed by atoms with Gasteiger partial charge >= 0.3 is 0 Å². The number of benzene rings is 1. The molecule has 0 unspecified atom stereocenters. The minimum Gasteiger partial charge on any atom is -0.342 e. The Hall–Kier alpha value is -2.63. The van der Waals surface area contributed by atoms with Gasteiger partial charge in [-0.1, -0.05) is 12.1 Å². The molecule has 2 heterocycles. The molecule has 0 atom stereocenters. The van der Waals surface area contributed by atoms with E-state index in [1.165, 1.54) is 0 Å². The van der Waals surface area contributed by atoms with Gasteiger partial charge in [0.2, 0.25) is 5.91 Å². The van der Waals surface area contributed by atoms with E-state index in [0.717, 1.165) is 22.6 Å². The molecule has 0 fully saturated rings. The van der Waals surface area contributed by atoms with Crippen molar-refractivity contribution in [3.63, 3.8) is 0 Å². The number of nitrogens with zero attached hydrogens (tertiary/aromatic N) is 2. The van der Waals surface area contributed by atoms with Crippen molar-refractivity contribution in [1.29, 1.82) is 0 Å². The fourth-order valence-electron chi connectivity index (χ4n) is 2.04. The molecule has 0 bridgehead atoms. The van der Waals surface area contributed by atoms with Crippen LogP contribution < -0.4 is 5.32 Å². The number of para-hydroxylation sites is 2. The maximum Gasteiger partial charge on any atom is 0.226 e. The predicted octanol–water partition coefficient (Wildman–Crippen LogP) is 2.17. The highest BCUT2D eigenvalue weighted by molar-refractivity contribution is 5.89. The Morgan fingerprint density at radius 3 is 2.95 bits per heavy atom. The molecule has 0 saturated carbocycles. The van der Waals surface area contributed by atoms with Crippen molar-refractivity contribution in [3.8, 4) is 0 Å². The Labute approximate surface area is 115 Å². The van der Waals surface area contributed by atoms with E-state index in [9.17, 15) is 4.79 Å². The van der Waals surface area contributed by atoms with E-state index in [2.05, 4.69) is 25.5 Å². The van der Waals surface area contributed by atoms with E-state index in [0.29, 0.717) is 18.7 Å². The summed E-state index contributed by atoms with van der Waals surface area (Å²) in [5.41, 5.74) is 2.83. The summed E-state index contributed by atoms with van der Waals surface area (Å²) in [6.07, 6.45) is 0.940. The lowest BCUT2D eigenvalue weighted by atomic mass is 10.3. The minimum absolute atomic E-state index is 0.0723. The summed E-state index contributed by atoms with van der Waals surface area (Å²) in [5, 5.41) is 9.49. The fourth-order valence-corrected chi connectivity index (χ4v) is 2.04. The summed E-state index contributed by atoms with van der Waals surface area (Å²) in [6, 6.07) is 9.61. The molecule has 2 aromatic heterocycles. The van der Waals surface area contributed by atoms with Gasteiger partial charge in [0.15, 0.2) is 5.82 Å². The number of rotatable bonds is 4. The zero-order valence-electron chi connectivity index (χ0n) is 11.1. The minimum atomic E-state index is -0.0723. The third-order valence-electron chi connectivity index (χ3n) is 3.00. The Kier molecular flexibility index (Phi) is 3.20. The van der Waals surface area contributed by atoms with Crippen molar-refractivity contribution >= 4 is 22.8 Å². The van der Waals surface area contributed by atoms with E-state index in [1.807, 2.05) is 31.2 Å². The first kappa shape index (κ1) is 12.4. The van der Waals surface area contributed by atoms with Gasteiger partial charge in [-0.2, -0.15) is 5.10 Å². The molecule has 6 nitrogen and oxygen atoms in total. The number of imidazole rings is 1. The number of aromatic nitrogens is 4. The number of aromatic amines is 2. The van der Waals surface area contributed by atoms with Gasteiger partial charge in [-0.25, -0.2) is 4.98 Å². The van der Waals surface area contributed by atoms with Gasteiger partial charge in [0, 0.05) is 24.6 Å². The van der Waals surface area contributed by atoms with Crippen LogP contribution in [0.1, 0.15) is 17.9 Å². The SMILES string of the molecule is Cc1cc(NC(=O)CCc2nc3ccccc3[nH]2)n[nH]1. The maximum absolute atomic E-state index is 11.8. The smallest absolute Gasteiger partial charge is 0.226 e. The first-order valence-electron chi connectivity index (χ1n) is 6.46. The summed E-state index contributed by atoms with van der Waals surface area (Å²) in [5.74, 6) is 1.30. The van der Waals surface area contributed by atoms with Crippen LogP contribution in [0.4, 0.5) is 5.82 Å². The Balaban J connectivity index is 1.59. The van der Waals surface area contributed by atoms with Gasteiger partial charge < -0.3 is 10.3 Å². The van der Waals surface area contributed by atoms with Gasteiger partial charge in [0.1, 0.15) is 5.82 Å². The Bertz CT molecular complexity index is 710. The van der Waals surface area contributed by atoms with Gasteiger partial charge in [-0.05, 0) is 19.1 Å². The highest BCUT2D eigenvalue weighted by Crippen LogP contribution is 2.12. The van der Waals surface area contributed by atoms with Crippen LogP contribution in [0, 0.1) is 6.92 Å². The molecule has 3 aromatic rings. The highest BCUT2D eigenvalue weighted by atomic mass is 16.1. The van der Waals surface area contributed by atoms with Gasteiger partial charge in [-0.15, -0.1) is 0 Å². The molecule has 0 aliphatic heterocycles. The molecule has 1 amide bonds. The average Bonchev–Trinajstić information content (AvgIpc) is 3.02. The number of nitrogens with one attached hydrogen (secondary N) is 3. The van der Waals surface area contributed by atoms with Crippen molar-refractivity contribution in [2.75, 3.05) is 5.32 Å². The zero-order valence-corrected chi connectivity index (χ0v) is 11.1. The lowest BCUT2D eigenvalue weighted by Crippen LogP contribution is -2.12.